The van der Waals surface area contributed by atoms with E-state index in [0.717, 1.165) is 11.3 Å². The number of anilines is 1. The number of ketones is 1. The number of hydrogen-bond donors (Lipinski definition) is 1. The Balaban J connectivity index is 1.55. The molecule has 1 heterocycles. The fourth-order valence-corrected chi connectivity index (χ4v) is 3.55. The predicted molar refractivity (Wildman–Crippen MR) is 108 cm³/mol. The second-order valence-electron chi connectivity index (χ2n) is 5.60. The molecule has 0 spiro atoms. The van der Waals surface area contributed by atoms with Crippen molar-refractivity contribution < 1.29 is 9.59 Å². The molecule has 0 saturated carbocycles. The lowest BCUT2D eigenvalue weighted by Gasteiger charge is -2.02. The third-order valence-corrected chi connectivity index (χ3v) is 5.31. The van der Waals surface area contributed by atoms with Crippen molar-refractivity contribution in [2.24, 2.45) is 0 Å². The third kappa shape index (κ3) is 4.80. The van der Waals surface area contributed by atoms with Gasteiger partial charge in [0.15, 0.2) is 10.9 Å². The van der Waals surface area contributed by atoms with Crippen LogP contribution < -0.4 is 5.32 Å². The van der Waals surface area contributed by atoms with E-state index in [0.29, 0.717) is 10.7 Å². The van der Waals surface area contributed by atoms with Crippen LogP contribution in [0.25, 0.3) is 11.3 Å². The topological polar surface area (TPSA) is 59.1 Å². The number of Topliss-reactive ketones (excluding diaryl/α,β-unsaturated/α-hetero) is 1. The summed E-state index contributed by atoms with van der Waals surface area (Å²) in [6.45, 7) is 0. The summed E-state index contributed by atoms with van der Waals surface area (Å²) in [7, 11) is 0. The molecule has 0 atom stereocenters. The van der Waals surface area contributed by atoms with Gasteiger partial charge in [-0.15, -0.1) is 23.1 Å². The lowest BCUT2D eigenvalue weighted by molar-refractivity contribution is -0.116. The van der Waals surface area contributed by atoms with E-state index >= 15 is 0 Å². The first-order valence-electron chi connectivity index (χ1n) is 8.14. The van der Waals surface area contributed by atoms with Crippen LogP contribution in [0.1, 0.15) is 23.2 Å². The maximum Gasteiger partial charge on any atom is 0.226 e. The minimum atomic E-state index is -0.201. The Morgan fingerprint density at radius 1 is 1.04 bits per heavy atom. The highest BCUT2D eigenvalue weighted by atomic mass is 32.2. The Bertz CT molecular complexity index is 890. The second-order valence-corrected chi connectivity index (χ2v) is 7.34. The van der Waals surface area contributed by atoms with Gasteiger partial charge in [-0.3, -0.25) is 9.59 Å². The molecule has 0 aliphatic carbocycles. The fraction of sp³-hybridized carbons (Fsp3) is 0.150. The van der Waals surface area contributed by atoms with Gasteiger partial charge in [-0.2, -0.15) is 0 Å². The van der Waals surface area contributed by atoms with E-state index in [1.54, 1.807) is 23.9 Å². The first-order chi connectivity index (χ1) is 12.7. The Kier molecular flexibility index (Phi) is 6.20. The number of nitrogens with zero attached hydrogens (tertiary/aromatic N) is 1. The second kappa shape index (κ2) is 8.78. The number of thiazole rings is 1. The zero-order chi connectivity index (χ0) is 18.4. The molecule has 1 amide bonds. The van der Waals surface area contributed by atoms with Crippen LogP contribution >= 0.6 is 23.1 Å². The molecule has 0 unspecified atom stereocenters. The Labute approximate surface area is 160 Å². The Hall–Kier alpha value is -2.44. The lowest BCUT2D eigenvalue weighted by atomic mass is 10.1. The molecule has 3 rings (SSSR count). The molecule has 132 valence electrons. The number of benzene rings is 2. The van der Waals surface area contributed by atoms with Gasteiger partial charge in [-0.1, -0.05) is 42.5 Å². The van der Waals surface area contributed by atoms with Crippen molar-refractivity contribution in [2.45, 2.75) is 17.7 Å². The van der Waals surface area contributed by atoms with Gasteiger partial charge in [0, 0.05) is 34.2 Å². The largest absolute Gasteiger partial charge is 0.302 e. The maximum absolute atomic E-state index is 12.1. The van der Waals surface area contributed by atoms with Crippen LogP contribution in [-0.4, -0.2) is 22.9 Å². The first kappa shape index (κ1) is 18.4. The molecular formula is C20H18N2O2S2. The number of amides is 1. The van der Waals surface area contributed by atoms with Crippen molar-refractivity contribution in [3.63, 3.8) is 0 Å². The van der Waals surface area contributed by atoms with E-state index in [4.69, 9.17) is 0 Å². The molecule has 0 aliphatic heterocycles. The van der Waals surface area contributed by atoms with E-state index in [2.05, 4.69) is 10.3 Å². The highest BCUT2D eigenvalue weighted by molar-refractivity contribution is 7.98. The summed E-state index contributed by atoms with van der Waals surface area (Å²) >= 11 is 3.07. The van der Waals surface area contributed by atoms with Crippen LogP contribution in [0.4, 0.5) is 5.13 Å². The monoisotopic (exact) mass is 382 g/mol. The number of thioether (sulfide) groups is 1. The third-order valence-electron chi connectivity index (χ3n) is 3.81. The summed E-state index contributed by atoms with van der Waals surface area (Å²) in [6, 6.07) is 17.1. The molecule has 4 nitrogen and oxygen atoms in total. The average molecular weight is 383 g/mol. The van der Waals surface area contributed by atoms with Gasteiger partial charge < -0.3 is 5.32 Å². The molecule has 1 aromatic heterocycles. The van der Waals surface area contributed by atoms with Crippen LogP contribution in [0.2, 0.25) is 0 Å². The molecule has 6 heteroatoms. The number of rotatable bonds is 7. The zero-order valence-corrected chi connectivity index (χ0v) is 15.9. The summed E-state index contributed by atoms with van der Waals surface area (Å²) in [4.78, 5) is 29.8. The minimum Gasteiger partial charge on any atom is -0.302 e. The van der Waals surface area contributed by atoms with Gasteiger partial charge in [0.25, 0.3) is 0 Å². The summed E-state index contributed by atoms with van der Waals surface area (Å²) in [6.07, 6.45) is 2.36. The molecule has 0 aliphatic rings. The van der Waals surface area contributed by atoms with E-state index in [1.807, 2.05) is 54.1 Å². The van der Waals surface area contributed by atoms with Crippen LogP contribution in [0.5, 0.6) is 0 Å². The summed E-state index contributed by atoms with van der Waals surface area (Å²) < 4.78 is 0. The van der Waals surface area contributed by atoms with Crippen LogP contribution in [-0.2, 0) is 4.79 Å². The summed E-state index contributed by atoms with van der Waals surface area (Å²) in [5, 5.41) is 5.24. The Morgan fingerprint density at radius 2 is 1.77 bits per heavy atom. The highest BCUT2D eigenvalue weighted by Gasteiger charge is 2.11. The van der Waals surface area contributed by atoms with Crippen molar-refractivity contribution in [3.05, 3.63) is 65.5 Å². The predicted octanol–water partition coefficient (Wildman–Crippen LogP) is 5.13. The number of carbonyl (C=O) groups is 2. The van der Waals surface area contributed by atoms with Crippen LogP contribution in [0, 0.1) is 0 Å². The van der Waals surface area contributed by atoms with E-state index in [-0.39, 0.29) is 24.5 Å². The lowest BCUT2D eigenvalue weighted by Crippen LogP contribution is -2.13. The quantitative estimate of drug-likeness (QED) is 0.454. The van der Waals surface area contributed by atoms with Crippen LogP contribution in [0.3, 0.4) is 0 Å². The molecule has 0 fully saturated rings. The maximum atomic E-state index is 12.1. The minimum absolute atomic E-state index is 0.0329. The van der Waals surface area contributed by atoms with Gasteiger partial charge in [-0.05, 0) is 18.4 Å². The molecule has 0 radical (unpaired) electrons. The Morgan fingerprint density at radius 3 is 2.46 bits per heavy atom. The van der Waals surface area contributed by atoms with E-state index in [9.17, 15) is 9.59 Å². The van der Waals surface area contributed by atoms with Crippen molar-refractivity contribution in [1.82, 2.24) is 4.98 Å². The summed E-state index contributed by atoms with van der Waals surface area (Å²) in [5.74, 6) is -0.234. The van der Waals surface area contributed by atoms with E-state index < -0.39 is 0 Å². The number of nitrogens with one attached hydrogen (secondary N) is 1. The van der Waals surface area contributed by atoms with Crippen molar-refractivity contribution in [1.29, 1.82) is 0 Å². The normalized spacial score (nSPS) is 10.5. The van der Waals surface area contributed by atoms with Gasteiger partial charge in [-0.25, -0.2) is 4.98 Å². The number of hydrogen-bond acceptors (Lipinski definition) is 5. The standard InChI is InChI=1S/C20H18N2O2S2/c1-25-16-9-7-14(8-10-16)17-13-26-20(21-17)22-19(24)12-11-18(23)15-5-3-2-4-6-15/h2-10,13H,11-12H2,1H3,(H,21,22,24). The SMILES string of the molecule is CSc1ccc(-c2csc(NC(=O)CCC(=O)c3ccccc3)n2)cc1. The van der Waals surface area contributed by atoms with Gasteiger partial charge in [0.05, 0.1) is 5.69 Å². The number of aromatic nitrogens is 1. The van der Waals surface area contributed by atoms with Gasteiger partial charge >= 0.3 is 0 Å². The van der Waals surface area contributed by atoms with E-state index in [1.165, 1.54) is 16.2 Å². The molecule has 3 aromatic rings. The first-order valence-corrected chi connectivity index (χ1v) is 10.2. The molecular weight excluding hydrogens is 364 g/mol. The highest BCUT2D eigenvalue weighted by Crippen LogP contribution is 2.26. The smallest absolute Gasteiger partial charge is 0.226 e. The zero-order valence-electron chi connectivity index (χ0n) is 14.3. The molecule has 0 bridgehead atoms. The molecule has 26 heavy (non-hydrogen) atoms. The van der Waals surface area contributed by atoms with Crippen LogP contribution in [0.15, 0.2) is 64.9 Å². The number of carbonyl (C=O) groups excluding carboxylic acids is 2. The molecule has 2 aromatic carbocycles. The van der Waals surface area contributed by atoms with Gasteiger partial charge in [0.2, 0.25) is 5.91 Å². The van der Waals surface area contributed by atoms with Crippen molar-refractivity contribution in [3.8, 4) is 11.3 Å². The molecule has 1 N–H and O–H groups in total. The van der Waals surface area contributed by atoms with Crippen molar-refractivity contribution >= 4 is 39.9 Å². The summed E-state index contributed by atoms with van der Waals surface area (Å²) in [5.41, 5.74) is 2.47. The molecule has 0 saturated heterocycles. The van der Waals surface area contributed by atoms with Crippen molar-refractivity contribution in [2.75, 3.05) is 11.6 Å². The fourth-order valence-electron chi connectivity index (χ4n) is 2.40. The average Bonchev–Trinajstić information content (AvgIpc) is 3.15. The van der Waals surface area contributed by atoms with Gasteiger partial charge in [0.1, 0.15) is 0 Å².